The summed E-state index contributed by atoms with van der Waals surface area (Å²) < 4.78 is 0. The average molecular weight is 340 g/mol. The van der Waals surface area contributed by atoms with Crippen LogP contribution in [0.2, 0.25) is 0 Å². The summed E-state index contributed by atoms with van der Waals surface area (Å²) in [4.78, 5) is 4.95. The quantitative estimate of drug-likeness (QED) is 0.811. The molecule has 2 aromatic carbocycles. The van der Waals surface area contributed by atoms with Crippen LogP contribution in [0.4, 0.5) is 5.69 Å². The van der Waals surface area contributed by atoms with Crippen molar-refractivity contribution >= 4 is 5.69 Å². The molecule has 2 aromatic rings. The van der Waals surface area contributed by atoms with E-state index in [1.165, 1.54) is 16.8 Å². The van der Waals surface area contributed by atoms with Crippen LogP contribution in [0.3, 0.4) is 0 Å². The summed E-state index contributed by atoms with van der Waals surface area (Å²) in [6.45, 7) is 5.33. The fraction of sp³-hybridized carbons (Fsp3) is 0.429. The zero-order valence-electron chi connectivity index (χ0n) is 14.7. The second-order valence-corrected chi connectivity index (χ2v) is 6.85. The molecule has 0 spiro atoms. The molecule has 4 heteroatoms. The van der Waals surface area contributed by atoms with Gasteiger partial charge in [0.15, 0.2) is 0 Å². The van der Waals surface area contributed by atoms with Gasteiger partial charge in [-0.05, 0) is 29.7 Å². The van der Waals surface area contributed by atoms with Crippen LogP contribution in [0.1, 0.15) is 11.1 Å². The van der Waals surface area contributed by atoms with E-state index >= 15 is 0 Å². The Balaban J connectivity index is 1.49. The van der Waals surface area contributed by atoms with E-state index in [4.69, 9.17) is 0 Å². The predicted octanol–water partition coefficient (Wildman–Crippen LogP) is 2.15. The molecule has 25 heavy (non-hydrogen) atoms. The normalized spacial score (nSPS) is 15.7. The van der Waals surface area contributed by atoms with Crippen molar-refractivity contribution in [1.82, 2.24) is 4.90 Å². The van der Waals surface area contributed by atoms with Crippen LogP contribution in [0.15, 0.2) is 54.6 Å². The third kappa shape index (κ3) is 5.05. The van der Waals surface area contributed by atoms with E-state index in [2.05, 4.69) is 64.4 Å². The van der Waals surface area contributed by atoms with Gasteiger partial charge in [-0.25, -0.2) is 0 Å². The fourth-order valence-electron chi connectivity index (χ4n) is 3.36. The van der Waals surface area contributed by atoms with E-state index in [-0.39, 0.29) is 19.1 Å². The highest BCUT2D eigenvalue weighted by molar-refractivity contribution is 5.46. The topological polar surface area (TPSA) is 46.9 Å². The van der Waals surface area contributed by atoms with Gasteiger partial charge in [-0.2, -0.15) is 0 Å². The number of anilines is 1. The first-order valence-electron chi connectivity index (χ1n) is 9.10. The Morgan fingerprint density at radius 1 is 0.760 bits per heavy atom. The Kier molecular flexibility index (Phi) is 6.45. The largest absolute Gasteiger partial charge is 0.396 e. The second kappa shape index (κ2) is 8.99. The summed E-state index contributed by atoms with van der Waals surface area (Å²) >= 11 is 0. The smallest absolute Gasteiger partial charge is 0.0484 e. The molecule has 4 nitrogen and oxygen atoms in total. The van der Waals surface area contributed by atoms with Gasteiger partial charge in [0.05, 0.1) is 0 Å². The lowest BCUT2D eigenvalue weighted by Gasteiger charge is -2.36. The molecular weight excluding hydrogens is 312 g/mol. The molecule has 0 saturated carbocycles. The molecule has 1 aliphatic heterocycles. The molecule has 0 bridgehead atoms. The number of hydrogen-bond acceptors (Lipinski definition) is 4. The standard InChI is InChI=1S/C21H28N2O2/c24-16-20(17-25)14-18-6-8-19(9-7-18)15-22-10-12-23(13-11-22)21-4-2-1-3-5-21/h1-9,20,24-25H,10-17H2. The maximum Gasteiger partial charge on any atom is 0.0484 e. The lowest BCUT2D eigenvalue weighted by atomic mass is 10.00. The van der Waals surface area contributed by atoms with Crippen molar-refractivity contribution in [3.8, 4) is 0 Å². The monoisotopic (exact) mass is 340 g/mol. The number of benzene rings is 2. The third-order valence-corrected chi connectivity index (χ3v) is 4.96. The summed E-state index contributed by atoms with van der Waals surface area (Å²) in [5, 5.41) is 18.4. The minimum absolute atomic E-state index is 0.0317. The Morgan fingerprint density at radius 2 is 1.36 bits per heavy atom. The maximum atomic E-state index is 9.19. The van der Waals surface area contributed by atoms with Crippen molar-refractivity contribution < 1.29 is 10.2 Å². The highest BCUT2D eigenvalue weighted by atomic mass is 16.3. The molecule has 1 saturated heterocycles. The van der Waals surface area contributed by atoms with E-state index in [1.807, 2.05) is 0 Å². The molecule has 0 unspecified atom stereocenters. The molecule has 0 atom stereocenters. The van der Waals surface area contributed by atoms with Gasteiger partial charge in [0.2, 0.25) is 0 Å². The molecule has 134 valence electrons. The van der Waals surface area contributed by atoms with E-state index in [0.29, 0.717) is 0 Å². The Labute approximate surface area is 150 Å². The van der Waals surface area contributed by atoms with Crippen molar-refractivity contribution in [3.05, 3.63) is 65.7 Å². The highest BCUT2D eigenvalue weighted by Crippen LogP contribution is 2.17. The molecule has 0 aliphatic carbocycles. The number of nitrogens with zero attached hydrogens (tertiary/aromatic N) is 2. The fourth-order valence-corrected chi connectivity index (χ4v) is 3.36. The van der Waals surface area contributed by atoms with Crippen LogP contribution in [0.5, 0.6) is 0 Å². The highest BCUT2D eigenvalue weighted by Gasteiger charge is 2.17. The number of hydrogen-bond donors (Lipinski definition) is 2. The summed E-state index contributed by atoms with van der Waals surface area (Å²) in [6.07, 6.45) is 0.725. The molecule has 3 rings (SSSR count). The first kappa shape index (κ1) is 17.9. The number of aliphatic hydroxyl groups excluding tert-OH is 2. The number of aliphatic hydroxyl groups is 2. The van der Waals surface area contributed by atoms with E-state index in [9.17, 15) is 10.2 Å². The van der Waals surface area contributed by atoms with Crippen LogP contribution in [0.25, 0.3) is 0 Å². The van der Waals surface area contributed by atoms with Crippen molar-refractivity contribution in [2.75, 3.05) is 44.3 Å². The number of piperazine rings is 1. The molecule has 1 heterocycles. The maximum absolute atomic E-state index is 9.19. The van der Waals surface area contributed by atoms with Gasteiger partial charge < -0.3 is 15.1 Å². The summed E-state index contributed by atoms with van der Waals surface area (Å²) in [5.41, 5.74) is 3.81. The van der Waals surface area contributed by atoms with Crippen molar-refractivity contribution in [1.29, 1.82) is 0 Å². The minimum atomic E-state index is -0.0584. The summed E-state index contributed by atoms with van der Waals surface area (Å²) in [5.74, 6) is -0.0584. The first-order valence-corrected chi connectivity index (χ1v) is 9.10. The second-order valence-electron chi connectivity index (χ2n) is 6.85. The van der Waals surface area contributed by atoms with E-state index < -0.39 is 0 Å². The van der Waals surface area contributed by atoms with Gasteiger partial charge in [-0.1, -0.05) is 42.5 Å². The van der Waals surface area contributed by atoms with Gasteiger partial charge in [0.1, 0.15) is 0 Å². The van der Waals surface area contributed by atoms with Gasteiger partial charge in [-0.15, -0.1) is 0 Å². The van der Waals surface area contributed by atoms with Gasteiger partial charge in [0, 0.05) is 57.5 Å². The van der Waals surface area contributed by atoms with Crippen molar-refractivity contribution in [3.63, 3.8) is 0 Å². The van der Waals surface area contributed by atoms with Crippen molar-refractivity contribution in [2.24, 2.45) is 5.92 Å². The number of para-hydroxylation sites is 1. The molecule has 2 N–H and O–H groups in total. The third-order valence-electron chi connectivity index (χ3n) is 4.96. The Bertz CT molecular complexity index is 618. The van der Waals surface area contributed by atoms with E-state index in [0.717, 1.165) is 39.1 Å². The summed E-state index contributed by atoms with van der Waals surface area (Å²) in [6, 6.07) is 19.2. The van der Waals surface area contributed by atoms with Gasteiger partial charge >= 0.3 is 0 Å². The lowest BCUT2D eigenvalue weighted by molar-refractivity contribution is 0.150. The average Bonchev–Trinajstić information content (AvgIpc) is 2.69. The van der Waals surface area contributed by atoms with Crippen LogP contribution in [0, 0.1) is 5.92 Å². The summed E-state index contributed by atoms with van der Waals surface area (Å²) in [7, 11) is 0. The predicted molar refractivity (Wildman–Crippen MR) is 102 cm³/mol. The van der Waals surface area contributed by atoms with Crippen LogP contribution in [-0.2, 0) is 13.0 Å². The molecule has 0 radical (unpaired) electrons. The molecule has 0 aromatic heterocycles. The van der Waals surface area contributed by atoms with Crippen LogP contribution in [-0.4, -0.2) is 54.5 Å². The first-order chi connectivity index (χ1) is 12.3. The zero-order chi connectivity index (χ0) is 17.5. The van der Waals surface area contributed by atoms with E-state index in [1.54, 1.807) is 0 Å². The molecule has 1 fully saturated rings. The minimum Gasteiger partial charge on any atom is -0.396 e. The number of rotatable bonds is 7. The van der Waals surface area contributed by atoms with Gasteiger partial charge in [0.25, 0.3) is 0 Å². The Morgan fingerprint density at radius 3 is 1.96 bits per heavy atom. The van der Waals surface area contributed by atoms with Crippen LogP contribution < -0.4 is 4.90 Å². The van der Waals surface area contributed by atoms with Gasteiger partial charge in [-0.3, -0.25) is 4.90 Å². The lowest BCUT2D eigenvalue weighted by Crippen LogP contribution is -2.45. The van der Waals surface area contributed by atoms with Crippen LogP contribution >= 0.6 is 0 Å². The zero-order valence-corrected chi connectivity index (χ0v) is 14.7. The Hall–Kier alpha value is -1.88. The molecular formula is C21H28N2O2. The molecule has 0 amide bonds. The molecule has 1 aliphatic rings. The SMILES string of the molecule is OCC(CO)Cc1ccc(CN2CCN(c3ccccc3)CC2)cc1. The van der Waals surface area contributed by atoms with Crippen molar-refractivity contribution in [2.45, 2.75) is 13.0 Å².